The van der Waals surface area contributed by atoms with Crippen molar-refractivity contribution in [1.29, 1.82) is 0 Å². The van der Waals surface area contributed by atoms with Crippen molar-refractivity contribution in [1.82, 2.24) is 15.6 Å². The Morgan fingerprint density at radius 1 is 1.58 bits per heavy atom. The summed E-state index contributed by atoms with van der Waals surface area (Å²) < 4.78 is 0. The van der Waals surface area contributed by atoms with Gasteiger partial charge in [0.05, 0.1) is 0 Å². The summed E-state index contributed by atoms with van der Waals surface area (Å²) in [5.41, 5.74) is 5.75. The quantitative estimate of drug-likeness (QED) is 0.713. The molecule has 7 nitrogen and oxygen atoms in total. The Kier molecular flexibility index (Phi) is 3.89. The van der Waals surface area contributed by atoms with E-state index >= 15 is 0 Å². The standard InChI is InChI=1S/C11H17N5O2S/c1-16(2)11-15-9(12)8(19-11)10(18)14-6-3-4-7(17)13-5-6/h6H,3-5,12H2,1-2H3,(H,13,17)(H,14,18). The fourth-order valence-electron chi connectivity index (χ4n) is 1.78. The SMILES string of the molecule is CN(C)c1nc(N)c(C(=O)NC2CCC(=O)NC2)s1. The average Bonchev–Trinajstić information content (AvgIpc) is 2.74. The Morgan fingerprint density at radius 3 is 2.84 bits per heavy atom. The first-order valence-electron chi connectivity index (χ1n) is 5.98. The van der Waals surface area contributed by atoms with Crippen molar-refractivity contribution in [2.75, 3.05) is 31.3 Å². The normalized spacial score (nSPS) is 18.8. The van der Waals surface area contributed by atoms with Crippen LogP contribution in [-0.4, -0.2) is 43.5 Å². The highest BCUT2D eigenvalue weighted by Crippen LogP contribution is 2.26. The highest BCUT2D eigenvalue weighted by Gasteiger charge is 2.23. The molecule has 1 atom stereocenters. The number of nitrogens with two attached hydrogens (primary N) is 1. The van der Waals surface area contributed by atoms with Crippen LogP contribution in [0.2, 0.25) is 0 Å². The number of amides is 2. The second kappa shape index (κ2) is 5.43. The van der Waals surface area contributed by atoms with Crippen LogP contribution in [0.1, 0.15) is 22.5 Å². The lowest BCUT2D eigenvalue weighted by Gasteiger charge is -2.23. The number of nitrogen functional groups attached to an aromatic ring is 1. The number of carbonyl (C=O) groups is 2. The van der Waals surface area contributed by atoms with Crippen LogP contribution in [0, 0.1) is 0 Å². The monoisotopic (exact) mass is 283 g/mol. The molecule has 1 unspecified atom stereocenters. The minimum atomic E-state index is -0.232. The van der Waals surface area contributed by atoms with Gasteiger partial charge in [-0.05, 0) is 6.42 Å². The Bertz CT molecular complexity index is 489. The number of nitrogens with zero attached hydrogens (tertiary/aromatic N) is 2. The van der Waals surface area contributed by atoms with Crippen molar-refractivity contribution in [3.63, 3.8) is 0 Å². The van der Waals surface area contributed by atoms with E-state index in [0.29, 0.717) is 29.4 Å². The molecule has 1 fully saturated rings. The fraction of sp³-hybridized carbons (Fsp3) is 0.545. The lowest BCUT2D eigenvalue weighted by atomic mass is 10.1. The molecule has 2 heterocycles. The number of thiazole rings is 1. The van der Waals surface area contributed by atoms with E-state index in [4.69, 9.17) is 5.73 Å². The zero-order chi connectivity index (χ0) is 14.0. The van der Waals surface area contributed by atoms with Crippen molar-refractivity contribution in [3.05, 3.63) is 4.88 Å². The van der Waals surface area contributed by atoms with Crippen LogP contribution in [0.15, 0.2) is 0 Å². The molecule has 2 amide bonds. The van der Waals surface area contributed by atoms with E-state index in [1.807, 2.05) is 14.1 Å². The van der Waals surface area contributed by atoms with Gasteiger partial charge in [-0.3, -0.25) is 9.59 Å². The number of hydrogen-bond acceptors (Lipinski definition) is 6. The summed E-state index contributed by atoms with van der Waals surface area (Å²) in [5, 5.41) is 6.28. The van der Waals surface area contributed by atoms with Crippen LogP contribution in [0.4, 0.5) is 10.9 Å². The third kappa shape index (κ3) is 3.14. The number of aromatic nitrogens is 1. The second-order valence-corrected chi connectivity index (χ2v) is 5.60. The number of anilines is 2. The number of carbonyl (C=O) groups excluding carboxylic acids is 2. The van der Waals surface area contributed by atoms with Gasteiger partial charge in [0.25, 0.3) is 5.91 Å². The Labute approximate surface area is 115 Å². The van der Waals surface area contributed by atoms with E-state index in [1.54, 1.807) is 4.90 Å². The summed E-state index contributed by atoms with van der Waals surface area (Å²) in [7, 11) is 3.69. The maximum absolute atomic E-state index is 12.1. The lowest BCUT2D eigenvalue weighted by Crippen LogP contribution is -2.47. The molecule has 1 saturated heterocycles. The van der Waals surface area contributed by atoms with Crippen molar-refractivity contribution >= 4 is 34.1 Å². The third-order valence-corrected chi connectivity index (χ3v) is 4.07. The predicted molar refractivity (Wildman–Crippen MR) is 74.4 cm³/mol. The molecule has 1 aromatic heterocycles. The topological polar surface area (TPSA) is 100 Å². The molecular formula is C11H17N5O2S. The van der Waals surface area contributed by atoms with Crippen LogP contribution >= 0.6 is 11.3 Å². The second-order valence-electron chi connectivity index (χ2n) is 4.62. The minimum absolute atomic E-state index is 0.0256. The molecule has 4 N–H and O–H groups in total. The molecule has 0 aliphatic carbocycles. The van der Waals surface area contributed by atoms with Gasteiger partial charge in [0, 0.05) is 33.1 Å². The zero-order valence-electron chi connectivity index (χ0n) is 10.9. The molecule has 0 aromatic carbocycles. The van der Waals surface area contributed by atoms with E-state index in [1.165, 1.54) is 11.3 Å². The summed E-state index contributed by atoms with van der Waals surface area (Å²) in [4.78, 5) is 29.5. The minimum Gasteiger partial charge on any atom is -0.382 e. The molecule has 104 valence electrons. The maximum atomic E-state index is 12.1. The fourth-order valence-corrected chi connectivity index (χ4v) is 2.59. The smallest absolute Gasteiger partial charge is 0.265 e. The average molecular weight is 283 g/mol. The molecule has 0 spiro atoms. The van der Waals surface area contributed by atoms with Gasteiger partial charge >= 0.3 is 0 Å². The van der Waals surface area contributed by atoms with Gasteiger partial charge in [-0.1, -0.05) is 11.3 Å². The first kappa shape index (κ1) is 13.6. The van der Waals surface area contributed by atoms with E-state index in [2.05, 4.69) is 15.6 Å². The maximum Gasteiger partial charge on any atom is 0.265 e. The van der Waals surface area contributed by atoms with E-state index in [9.17, 15) is 9.59 Å². The Hall–Kier alpha value is -1.83. The van der Waals surface area contributed by atoms with E-state index in [0.717, 1.165) is 0 Å². The predicted octanol–water partition coefficient (Wildman–Crippen LogP) is -0.200. The van der Waals surface area contributed by atoms with Gasteiger partial charge in [0.2, 0.25) is 5.91 Å². The number of rotatable bonds is 3. The molecule has 1 aliphatic rings. The van der Waals surface area contributed by atoms with Gasteiger partial charge in [-0.2, -0.15) is 0 Å². The Balaban J connectivity index is 2.01. The van der Waals surface area contributed by atoms with Crippen molar-refractivity contribution in [2.24, 2.45) is 0 Å². The first-order valence-corrected chi connectivity index (χ1v) is 6.80. The number of piperidine rings is 1. The summed E-state index contributed by atoms with van der Waals surface area (Å²) in [6.45, 7) is 0.462. The molecule has 8 heteroatoms. The molecule has 1 aliphatic heterocycles. The zero-order valence-corrected chi connectivity index (χ0v) is 11.7. The molecule has 1 aromatic rings. The summed E-state index contributed by atoms with van der Waals surface area (Å²) in [6.07, 6.45) is 1.09. The highest BCUT2D eigenvalue weighted by molar-refractivity contribution is 7.18. The molecule has 19 heavy (non-hydrogen) atoms. The van der Waals surface area contributed by atoms with E-state index < -0.39 is 0 Å². The molecule has 0 radical (unpaired) electrons. The van der Waals surface area contributed by atoms with Crippen LogP contribution in [0.25, 0.3) is 0 Å². The van der Waals surface area contributed by atoms with E-state index in [-0.39, 0.29) is 23.7 Å². The Morgan fingerprint density at radius 2 is 2.32 bits per heavy atom. The molecule has 2 rings (SSSR count). The van der Waals surface area contributed by atoms with Gasteiger partial charge in [0.1, 0.15) is 10.7 Å². The summed E-state index contributed by atoms with van der Waals surface area (Å²) >= 11 is 1.26. The van der Waals surface area contributed by atoms with Crippen LogP contribution in [0.3, 0.4) is 0 Å². The molecule has 0 saturated carbocycles. The van der Waals surface area contributed by atoms with Gasteiger partial charge in [-0.25, -0.2) is 4.98 Å². The molecule has 0 bridgehead atoms. The van der Waals surface area contributed by atoms with Gasteiger partial charge in [0.15, 0.2) is 5.13 Å². The van der Waals surface area contributed by atoms with Gasteiger partial charge < -0.3 is 21.3 Å². The molecular weight excluding hydrogens is 266 g/mol. The van der Waals surface area contributed by atoms with Crippen LogP contribution in [-0.2, 0) is 4.79 Å². The summed E-state index contributed by atoms with van der Waals surface area (Å²) in [5.74, 6) is 0.0352. The van der Waals surface area contributed by atoms with Crippen molar-refractivity contribution in [3.8, 4) is 0 Å². The van der Waals surface area contributed by atoms with Gasteiger partial charge in [-0.15, -0.1) is 0 Å². The lowest BCUT2D eigenvalue weighted by molar-refractivity contribution is -0.122. The number of hydrogen-bond donors (Lipinski definition) is 3. The van der Waals surface area contributed by atoms with Crippen LogP contribution in [0.5, 0.6) is 0 Å². The number of nitrogens with one attached hydrogen (secondary N) is 2. The largest absolute Gasteiger partial charge is 0.382 e. The third-order valence-electron chi connectivity index (χ3n) is 2.83. The highest BCUT2D eigenvalue weighted by atomic mass is 32.1. The van der Waals surface area contributed by atoms with Crippen molar-refractivity contribution in [2.45, 2.75) is 18.9 Å². The van der Waals surface area contributed by atoms with Crippen LogP contribution < -0.4 is 21.3 Å². The first-order chi connectivity index (χ1) is 8.97. The van der Waals surface area contributed by atoms with Crippen molar-refractivity contribution < 1.29 is 9.59 Å². The summed E-state index contributed by atoms with van der Waals surface area (Å²) in [6, 6.07) is -0.0468.